The molecule has 0 spiro atoms. The van der Waals surface area contributed by atoms with Gasteiger partial charge in [0.25, 0.3) is 0 Å². The monoisotopic (exact) mass is 1180 g/mol. The van der Waals surface area contributed by atoms with E-state index in [9.17, 15) is 35.1 Å². The number of rotatable bonds is 61. The average molecular weight is 1180 g/mol. The van der Waals surface area contributed by atoms with Gasteiger partial charge in [0.1, 0.15) is 24.4 Å². The maximum absolute atomic E-state index is 13.0. The van der Waals surface area contributed by atoms with Crippen molar-refractivity contribution in [1.82, 2.24) is 5.32 Å². The molecule has 6 N–H and O–H groups in total. The van der Waals surface area contributed by atoms with Crippen LogP contribution in [0.15, 0.2) is 72.9 Å². The molecule has 0 bridgehead atoms. The molecule has 1 aliphatic heterocycles. The molecule has 1 heterocycles. The number of esters is 1. The van der Waals surface area contributed by atoms with Crippen LogP contribution in [0.1, 0.15) is 316 Å². The molecule has 0 aliphatic carbocycles. The van der Waals surface area contributed by atoms with Gasteiger partial charge in [0, 0.05) is 12.8 Å². The van der Waals surface area contributed by atoms with Gasteiger partial charge in [0.2, 0.25) is 5.91 Å². The van der Waals surface area contributed by atoms with Gasteiger partial charge in [-0.15, -0.1) is 0 Å². The van der Waals surface area contributed by atoms with Crippen molar-refractivity contribution < 1.29 is 49.3 Å². The van der Waals surface area contributed by atoms with Crippen LogP contribution in [0.4, 0.5) is 0 Å². The molecule has 1 aliphatic rings. The first kappa shape index (κ1) is 79.1. The Labute approximate surface area is 515 Å². The summed E-state index contributed by atoms with van der Waals surface area (Å²) in [5.41, 5.74) is 0. The van der Waals surface area contributed by atoms with E-state index in [0.717, 1.165) is 70.6 Å². The molecule has 0 aromatic rings. The van der Waals surface area contributed by atoms with Crippen LogP contribution < -0.4 is 5.32 Å². The maximum Gasteiger partial charge on any atom is 0.305 e. The normalized spacial score (nSPS) is 18.5. The summed E-state index contributed by atoms with van der Waals surface area (Å²) in [7, 11) is 0. The Kier molecular flexibility index (Phi) is 58.1. The van der Waals surface area contributed by atoms with Gasteiger partial charge >= 0.3 is 5.97 Å². The Morgan fingerprint density at radius 3 is 1.32 bits per heavy atom. The molecule has 84 heavy (non-hydrogen) atoms. The summed E-state index contributed by atoms with van der Waals surface area (Å²) >= 11 is 0. The van der Waals surface area contributed by atoms with Crippen molar-refractivity contribution in [3.05, 3.63) is 72.9 Å². The number of carbonyl (C=O) groups is 2. The minimum Gasteiger partial charge on any atom is -0.466 e. The van der Waals surface area contributed by atoms with Gasteiger partial charge in [-0.3, -0.25) is 9.59 Å². The quantitative estimate of drug-likeness (QED) is 0.0195. The molecule has 7 atom stereocenters. The van der Waals surface area contributed by atoms with Gasteiger partial charge in [-0.25, -0.2) is 0 Å². The molecule has 1 fully saturated rings. The van der Waals surface area contributed by atoms with E-state index in [1.807, 2.05) is 19.1 Å². The van der Waals surface area contributed by atoms with Gasteiger partial charge in [-0.2, -0.15) is 0 Å². The summed E-state index contributed by atoms with van der Waals surface area (Å²) in [6, 6.07) is -0.835. The molecule has 11 heteroatoms. The second-order valence-electron chi connectivity index (χ2n) is 24.2. The third kappa shape index (κ3) is 50.1. The van der Waals surface area contributed by atoms with Gasteiger partial charge in [-0.1, -0.05) is 266 Å². The molecule has 0 radical (unpaired) electrons. The molecule has 1 saturated heterocycles. The van der Waals surface area contributed by atoms with Crippen LogP contribution in [0, 0.1) is 0 Å². The van der Waals surface area contributed by atoms with Crippen molar-refractivity contribution in [1.29, 1.82) is 0 Å². The fourth-order valence-electron chi connectivity index (χ4n) is 10.8. The number of allylic oxidation sites excluding steroid dienone is 11. The number of aliphatic hydroxyl groups is 5. The summed E-state index contributed by atoms with van der Waals surface area (Å²) < 4.78 is 16.7. The van der Waals surface area contributed by atoms with E-state index in [0.29, 0.717) is 19.4 Å². The number of ether oxygens (including phenoxy) is 3. The molecule has 1 rings (SSSR count). The number of aliphatic hydroxyl groups excluding tert-OH is 5. The zero-order chi connectivity index (χ0) is 60.9. The molecule has 1 amide bonds. The Hall–Kier alpha value is -2.90. The molecular formula is C73H131NO10. The first-order chi connectivity index (χ1) is 41.2. The van der Waals surface area contributed by atoms with Crippen LogP contribution in [0.2, 0.25) is 0 Å². The van der Waals surface area contributed by atoms with E-state index < -0.39 is 49.5 Å². The molecule has 0 aromatic heterocycles. The number of amides is 1. The molecule has 0 saturated carbocycles. The molecule has 488 valence electrons. The van der Waals surface area contributed by atoms with E-state index >= 15 is 0 Å². The fraction of sp³-hybridized carbons (Fsp3) is 0.808. The first-order valence-corrected chi connectivity index (χ1v) is 35.2. The van der Waals surface area contributed by atoms with Crippen molar-refractivity contribution in [2.24, 2.45) is 0 Å². The predicted molar refractivity (Wildman–Crippen MR) is 352 cm³/mol. The van der Waals surface area contributed by atoms with Crippen LogP contribution in [0.3, 0.4) is 0 Å². The molecule has 11 nitrogen and oxygen atoms in total. The topological polar surface area (TPSA) is 175 Å². The second-order valence-corrected chi connectivity index (χ2v) is 24.2. The van der Waals surface area contributed by atoms with Crippen molar-refractivity contribution in [2.75, 3.05) is 19.8 Å². The summed E-state index contributed by atoms with van der Waals surface area (Å²) in [6.07, 6.45) is 73.6. The lowest BCUT2D eigenvalue weighted by atomic mass is 9.99. The van der Waals surface area contributed by atoms with Crippen LogP contribution in [0.25, 0.3) is 0 Å². The average Bonchev–Trinajstić information content (AvgIpc) is 3.44. The number of hydrogen-bond acceptors (Lipinski definition) is 10. The molecule has 0 aromatic carbocycles. The van der Waals surface area contributed by atoms with Crippen molar-refractivity contribution >= 4 is 11.9 Å². The van der Waals surface area contributed by atoms with E-state index in [1.54, 1.807) is 6.08 Å². The first-order valence-electron chi connectivity index (χ1n) is 35.2. The van der Waals surface area contributed by atoms with Gasteiger partial charge in [0.05, 0.1) is 32.0 Å². The van der Waals surface area contributed by atoms with Crippen molar-refractivity contribution in [3.8, 4) is 0 Å². The van der Waals surface area contributed by atoms with Crippen molar-refractivity contribution in [3.63, 3.8) is 0 Å². The van der Waals surface area contributed by atoms with Crippen molar-refractivity contribution in [2.45, 2.75) is 358 Å². The largest absolute Gasteiger partial charge is 0.466 e. The van der Waals surface area contributed by atoms with Gasteiger partial charge in [0.15, 0.2) is 6.29 Å². The number of nitrogens with one attached hydrogen (secondary N) is 1. The standard InChI is InChI=1S/C73H131NO10/c1-3-5-7-9-11-13-14-15-16-17-28-32-35-38-41-45-49-53-57-61-69(78)82-62-58-54-50-46-42-39-36-33-30-27-25-23-21-19-18-20-22-24-26-29-31-34-37-40-44-48-52-56-60-68(77)74-65(66(76)59-55-51-47-43-12-10-8-6-4-2)64-83-73-72(81)71(80)70(79)67(63-75)84-73/h4,6,11-13,15-16,18-19,43,55,59,65-67,70-73,75-76,79-81H,3,5,7-10,14,17,20-42,44-54,56-58,60-64H2,1-2H3,(H,74,77)/b6-4+,13-11-,16-15-,19-18-,43-12+,59-55+. The number of carbonyl (C=O) groups excluding carboxylic acids is 2. The summed E-state index contributed by atoms with van der Waals surface area (Å²) in [5.74, 6) is -0.198. The van der Waals surface area contributed by atoms with Crippen LogP contribution in [-0.2, 0) is 23.8 Å². The second kappa shape index (κ2) is 61.7. The third-order valence-corrected chi connectivity index (χ3v) is 16.3. The highest BCUT2D eigenvalue weighted by atomic mass is 16.7. The number of hydrogen-bond donors (Lipinski definition) is 6. The summed E-state index contributed by atoms with van der Waals surface area (Å²) in [5, 5.41) is 54.2. The lowest BCUT2D eigenvalue weighted by Gasteiger charge is -2.40. The van der Waals surface area contributed by atoms with Gasteiger partial charge in [-0.05, 0) is 110 Å². The smallest absolute Gasteiger partial charge is 0.305 e. The Balaban J connectivity index is 1.91. The lowest BCUT2D eigenvalue weighted by molar-refractivity contribution is -0.302. The molecular weight excluding hydrogens is 1050 g/mol. The zero-order valence-corrected chi connectivity index (χ0v) is 54.1. The van der Waals surface area contributed by atoms with E-state index in [1.165, 1.54) is 218 Å². The van der Waals surface area contributed by atoms with E-state index in [4.69, 9.17) is 14.2 Å². The van der Waals surface area contributed by atoms with E-state index in [2.05, 4.69) is 66.9 Å². The Bertz CT molecular complexity index is 1630. The predicted octanol–water partition coefficient (Wildman–Crippen LogP) is 17.9. The SMILES string of the molecule is C/C=C/CC/C=C/CC/C=C/C(O)C(COC1OC(CO)C(O)C(O)C1O)NC(=O)CCCCCCCCCCCCCC/C=C\CCCCCCCCCCCCCCOC(=O)CCCCCCCCCCC/C=C\C/C=C\CCCCC. The highest BCUT2D eigenvalue weighted by Gasteiger charge is 2.44. The highest BCUT2D eigenvalue weighted by molar-refractivity contribution is 5.76. The summed E-state index contributed by atoms with van der Waals surface area (Å²) in [6.45, 7) is 4.08. The van der Waals surface area contributed by atoms with Crippen LogP contribution in [-0.4, -0.2) is 100 Å². The summed E-state index contributed by atoms with van der Waals surface area (Å²) in [4.78, 5) is 25.1. The Morgan fingerprint density at radius 1 is 0.464 bits per heavy atom. The third-order valence-electron chi connectivity index (χ3n) is 16.3. The fourth-order valence-corrected chi connectivity index (χ4v) is 10.8. The highest BCUT2D eigenvalue weighted by Crippen LogP contribution is 2.23. The minimum atomic E-state index is -1.58. The maximum atomic E-state index is 13.0. The Morgan fingerprint density at radius 2 is 0.857 bits per heavy atom. The zero-order valence-electron chi connectivity index (χ0n) is 54.1. The molecule has 7 unspecified atom stereocenters. The van der Waals surface area contributed by atoms with Crippen LogP contribution >= 0.6 is 0 Å². The van der Waals surface area contributed by atoms with Crippen LogP contribution in [0.5, 0.6) is 0 Å². The lowest BCUT2D eigenvalue weighted by Crippen LogP contribution is -2.60. The van der Waals surface area contributed by atoms with E-state index in [-0.39, 0.29) is 18.5 Å². The minimum absolute atomic E-state index is 0.00191. The number of unbranched alkanes of at least 4 members (excludes halogenated alkanes) is 38. The van der Waals surface area contributed by atoms with Gasteiger partial charge < -0.3 is 45.1 Å².